The number of hydrogen-bond acceptors (Lipinski definition) is 8. The van der Waals surface area contributed by atoms with Gasteiger partial charge in [-0.1, -0.05) is 20.4 Å². The van der Waals surface area contributed by atoms with Crippen molar-refractivity contribution >= 4 is 23.4 Å². The van der Waals surface area contributed by atoms with Crippen LogP contribution in [0.4, 0.5) is 5.69 Å². The first-order valence-corrected chi connectivity index (χ1v) is 13.1. The van der Waals surface area contributed by atoms with Crippen molar-refractivity contribution in [2.45, 2.75) is 40.2 Å². The van der Waals surface area contributed by atoms with Gasteiger partial charge in [0.05, 0.1) is 36.3 Å². The van der Waals surface area contributed by atoms with Gasteiger partial charge in [0.1, 0.15) is 17.5 Å². The average Bonchev–Trinajstić information content (AvgIpc) is 2.85. The molecule has 3 aliphatic rings. The van der Waals surface area contributed by atoms with Gasteiger partial charge in [0.15, 0.2) is 0 Å². The van der Waals surface area contributed by atoms with E-state index in [9.17, 15) is 4.79 Å². The van der Waals surface area contributed by atoms with Crippen LogP contribution in [0.15, 0.2) is 63.7 Å². The smallest absolute Gasteiger partial charge is 0.145 e. The molecule has 0 N–H and O–H groups in total. The third-order valence-corrected chi connectivity index (χ3v) is 7.38. The van der Waals surface area contributed by atoms with Gasteiger partial charge in [0.25, 0.3) is 0 Å². The Morgan fingerprint density at radius 1 is 1.27 bits per heavy atom. The highest BCUT2D eigenvalue weighted by atomic mass is 16.5. The molecule has 3 aliphatic heterocycles. The summed E-state index contributed by atoms with van der Waals surface area (Å²) >= 11 is 0. The first kappa shape index (κ1) is 26.8. The molecule has 9 nitrogen and oxygen atoms in total. The maximum Gasteiger partial charge on any atom is 0.145 e. The molecule has 0 spiro atoms. The number of aldehydes is 1. The molecule has 0 aromatic carbocycles. The van der Waals surface area contributed by atoms with Gasteiger partial charge in [0, 0.05) is 51.2 Å². The van der Waals surface area contributed by atoms with Crippen LogP contribution in [0.2, 0.25) is 0 Å². The minimum absolute atomic E-state index is 0.336. The number of carbonyl (C=O) groups excluding carboxylic acids is 1. The van der Waals surface area contributed by atoms with Crippen LogP contribution in [0.1, 0.15) is 32.8 Å². The molecule has 198 valence electrons. The lowest BCUT2D eigenvalue weighted by atomic mass is 10.1. The third-order valence-electron chi connectivity index (χ3n) is 7.38. The monoisotopic (exact) mass is 505 g/mol. The SMILES string of the molecule is C=C1C=CC(/C(=C/C=O)N=c2c(C)cc(N3CCN(C4COC4)CC3)cn2C)=NN1/N=C(/C)C(C)CC. The zero-order chi connectivity index (χ0) is 26.5. The van der Waals surface area contributed by atoms with Crippen LogP contribution in [0.25, 0.3) is 0 Å². The summed E-state index contributed by atoms with van der Waals surface area (Å²) in [5, 5.41) is 10.8. The van der Waals surface area contributed by atoms with E-state index in [1.54, 1.807) is 0 Å². The van der Waals surface area contributed by atoms with Crippen molar-refractivity contribution < 1.29 is 9.53 Å². The molecule has 0 amide bonds. The maximum atomic E-state index is 11.5. The third kappa shape index (κ3) is 6.17. The predicted octanol–water partition coefficient (Wildman–Crippen LogP) is 3.00. The normalized spacial score (nSPS) is 21.3. The summed E-state index contributed by atoms with van der Waals surface area (Å²) in [6.45, 7) is 18.1. The number of piperazine rings is 1. The van der Waals surface area contributed by atoms with Gasteiger partial charge in [-0.3, -0.25) is 9.69 Å². The number of aryl methyl sites for hydroxylation is 2. The molecule has 0 aliphatic carbocycles. The highest BCUT2D eigenvalue weighted by Crippen LogP contribution is 2.20. The summed E-state index contributed by atoms with van der Waals surface area (Å²) < 4.78 is 7.38. The molecule has 37 heavy (non-hydrogen) atoms. The summed E-state index contributed by atoms with van der Waals surface area (Å²) in [7, 11) is 1.99. The van der Waals surface area contributed by atoms with Crippen LogP contribution in [-0.4, -0.2) is 77.7 Å². The number of pyridine rings is 1. The molecule has 1 aromatic heterocycles. The number of hydrogen-bond donors (Lipinski definition) is 0. The van der Waals surface area contributed by atoms with Gasteiger partial charge in [-0.05, 0) is 50.0 Å². The van der Waals surface area contributed by atoms with Crippen LogP contribution >= 0.6 is 0 Å². The van der Waals surface area contributed by atoms with Gasteiger partial charge in [0.2, 0.25) is 0 Å². The van der Waals surface area contributed by atoms with Gasteiger partial charge in [-0.25, -0.2) is 4.99 Å². The van der Waals surface area contributed by atoms with Crippen molar-refractivity contribution in [3.63, 3.8) is 0 Å². The molecule has 0 bridgehead atoms. The summed E-state index contributed by atoms with van der Waals surface area (Å²) in [5.41, 5.74) is 5.64. The summed E-state index contributed by atoms with van der Waals surface area (Å²) in [6, 6.07) is 2.75. The van der Waals surface area contributed by atoms with E-state index >= 15 is 0 Å². The number of anilines is 1. The van der Waals surface area contributed by atoms with Gasteiger partial charge < -0.3 is 14.2 Å². The second kappa shape index (κ2) is 11.8. The molecule has 1 unspecified atom stereocenters. The summed E-state index contributed by atoms with van der Waals surface area (Å²) in [6.07, 6.45) is 8.95. The highest BCUT2D eigenvalue weighted by molar-refractivity contribution is 6.10. The van der Waals surface area contributed by atoms with Crippen LogP contribution in [-0.2, 0) is 16.6 Å². The van der Waals surface area contributed by atoms with E-state index in [2.05, 4.69) is 59.6 Å². The number of rotatable bonds is 8. The molecule has 4 rings (SSSR count). The Balaban J connectivity index is 1.59. The molecule has 0 saturated carbocycles. The van der Waals surface area contributed by atoms with E-state index in [0.717, 1.165) is 68.9 Å². The quantitative estimate of drug-likeness (QED) is 0.308. The maximum absolute atomic E-state index is 11.5. The second-order valence-electron chi connectivity index (χ2n) is 9.98. The van der Waals surface area contributed by atoms with Crippen molar-refractivity contribution in [3.8, 4) is 0 Å². The molecule has 2 fully saturated rings. The Morgan fingerprint density at radius 3 is 2.59 bits per heavy atom. The molecular weight excluding hydrogens is 466 g/mol. The van der Waals surface area contributed by atoms with Crippen molar-refractivity contribution in [2.24, 2.45) is 28.2 Å². The van der Waals surface area contributed by atoms with Crippen molar-refractivity contribution in [3.05, 3.63) is 59.5 Å². The second-order valence-corrected chi connectivity index (χ2v) is 9.98. The summed E-state index contributed by atoms with van der Waals surface area (Å²) in [4.78, 5) is 21.3. The molecule has 2 saturated heterocycles. The fraction of sp³-hybridized carbons (Fsp3) is 0.500. The fourth-order valence-electron chi connectivity index (χ4n) is 4.55. The van der Waals surface area contributed by atoms with Crippen molar-refractivity contribution in [1.29, 1.82) is 0 Å². The van der Waals surface area contributed by atoms with E-state index < -0.39 is 0 Å². The molecule has 4 heterocycles. The Kier molecular flexibility index (Phi) is 8.56. The largest absolute Gasteiger partial charge is 0.378 e. The lowest BCUT2D eigenvalue weighted by Crippen LogP contribution is -2.56. The highest BCUT2D eigenvalue weighted by Gasteiger charge is 2.29. The topological polar surface area (TPSA) is 78.0 Å². The van der Waals surface area contributed by atoms with Crippen LogP contribution in [0.5, 0.6) is 0 Å². The zero-order valence-electron chi connectivity index (χ0n) is 22.7. The number of ether oxygens (including phenoxy) is 1. The standard InChI is InChI=1S/C28H39N7O2/c1-7-20(2)23(5)30-35-22(4)8-9-27(31-35)26(10-15-36)29-28-21(3)16-24(17-32(28)6)33-11-13-34(14-12-33)25-18-37-19-25/h8-10,15-17,20,25H,4,7,11-14,18-19H2,1-3,5-6H3/b26-10-,29-28?,30-23-. The Labute approximate surface area is 219 Å². The zero-order valence-corrected chi connectivity index (χ0v) is 22.7. The van der Waals surface area contributed by atoms with Crippen molar-refractivity contribution in [1.82, 2.24) is 14.6 Å². The van der Waals surface area contributed by atoms with E-state index in [-0.39, 0.29) is 0 Å². The number of aromatic nitrogens is 1. The average molecular weight is 506 g/mol. The molecule has 9 heteroatoms. The van der Waals surface area contributed by atoms with Crippen LogP contribution in [0, 0.1) is 12.8 Å². The van der Waals surface area contributed by atoms with Gasteiger partial charge in [-0.15, -0.1) is 5.10 Å². The van der Waals surface area contributed by atoms with Crippen LogP contribution < -0.4 is 10.4 Å². The van der Waals surface area contributed by atoms with E-state index in [0.29, 0.717) is 29.1 Å². The lowest BCUT2D eigenvalue weighted by Gasteiger charge is -2.43. The molecule has 1 aromatic rings. The minimum Gasteiger partial charge on any atom is -0.378 e. The molecular formula is C28H39N7O2. The number of hydrazone groups is 2. The first-order valence-electron chi connectivity index (χ1n) is 13.1. The number of carbonyl (C=O) groups is 1. The van der Waals surface area contributed by atoms with E-state index in [1.807, 2.05) is 30.7 Å². The lowest BCUT2D eigenvalue weighted by molar-refractivity contribution is -0.104. The predicted molar refractivity (Wildman–Crippen MR) is 148 cm³/mol. The Hall–Kier alpha value is -3.30. The Bertz CT molecular complexity index is 1190. The van der Waals surface area contributed by atoms with Crippen molar-refractivity contribution in [2.75, 3.05) is 44.3 Å². The van der Waals surface area contributed by atoms with Gasteiger partial charge >= 0.3 is 0 Å². The van der Waals surface area contributed by atoms with E-state index in [4.69, 9.17) is 9.73 Å². The van der Waals surface area contributed by atoms with E-state index in [1.165, 1.54) is 16.9 Å². The summed E-state index contributed by atoms with van der Waals surface area (Å²) in [5.74, 6) is 0.336. The van der Waals surface area contributed by atoms with Gasteiger partial charge in [-0.2, -0.15) is 10.2 Å². The fourth-order valence-corrected chi connectivity index (χ4v) is 4.55. The first-order chi connectivity index (χ1) is 17.8. The minimum atomic E-state index is 0.336. The number of allylic oxidation sites excluding steroid dienone is 3. The molecule has 0 radical (unpaired) electrons. The number of nitrogens with zero attached hydrogens (tertiary/aromatic N) is 7. The Morgan fingerprint density at radius 2 is 2.00 bits per heavy atom. The van der Waals surface area contributed by atoms with Crippen LogP contribution in [0.3, 0.4) is 0 Å². The molecule has 1 atom stereocenters.